The highest BCUT2D eigenvalue weighted by atomic mass is 16.5. The lowest BCUT2D eigenvalue weighted by Gasteiger charge is -2.39. The molecule has 0 amide bonds. The Bertz CT molecular complexity index is 277. The number of hydrogen-bond donors (Lipinski definition) is 1. The van der Waals surface area contributed by atoms with E-state index >= 15 is 0 Å². The van der Waals surface area contributed by atoms with Crippen LogP contribution in [0.3, 0.4) is 0 Å². The van der Waals surface area contributed by atoms with E-state index in [4.69, 9.17) is 4.74 Å². The third-order valence-corrected chi connectivity index (χ3v) is 4.45. The van der Waals surface area contributed by atoms with Gasteiger partial charge in [-0.25, -0.2) is 4.99 Å². The monoisotopic (exact) mass is 222 g/mol. The van der Waals surface area contributed by atoms with E-state index in [0.29, 0.717) is 6.04 Å². The maximum Gasteiger partial charge on any atom is 0.285 e. The van der Waals surface area contributed by atoms with Crippen LogP contribution in [0.15, 0.2) is 4.99 Å². The molecule has 2 aliphatic carbocycles. The van der Waals surface area contributed by atoms with E-state index in [1.165, 1.54) is 44.9 Å². The van der Waals surface area contributed by atoms with Gasteiger partial charge >= 0.3 is 0 Å². The van der Waals surface area contributed by atoms with Crippen molar-refractivity contribution in [2.45, 2.75) is 51.0 Å². The highest BCUT2D eigenvalue weighted by Crippen LogP contribution is 2.40. The predicted molar refractivity (Wildman–Crippen MR) is 64.5 cm³/mol. The van der Waals surface area contributed by atoms with Gasteiger partial charge in [0, 0.05) is 6.04 Å². The average molecular weight is 222 g/mol. The molecule has 3 atom stereocenters. The lowest BCUT2D eigenvalue weighted by molar-refractivity contribution is 0.147. The van der Waals surface area contributed by atoms with Crippen LogP contribution in [0.5, 0.6) is 0 Å². The van der Waals surface area contributed by atoms with Crippen molar-refractivity contribution in [2.24, 2.45) is 16.8 Å². The number of hydrogen-bond acceptors (Lipinski definition) is 3. The van der Waals surface area contributed by atoms with Crippen molar-refractivity contribution < 1.29 is 4.74 Å². The number of fused-ring (bicyclic) bond motifs is 1. The molecule has 0 aromatic heterocycles. The molecule has 0 saturated heterocycles. The lowest BCUT2D eigenvalue weighted by Crippen LogP contribution is -2.41. The Hall–Kier alpha value is -0.730. The number of aliphatic imine (C=N–C) groups is 1. The summed E-state index contributed by atoms with van der Waals surface area (Å²) >= 11 is 0. The van der Waals surface area contributed by atoms with Gasteiger partial charge in [-0.15, -0.1) is 0 Å². The highest BCUT2D eigenvalue weighted by molar-refractivity contribution is 5.75. The lowest BCUT2D eigenvalue weighted by atomic mass is 9.69. The van der Waals surface area contributed by atoms with Crippen LogP contribution in [0.4, 0.5) is 0 Å². The predicted octanol–water partition coefficient (Wildman–Crippen LogP) is 2.32. The number of amidine groups is 1. The first-order valence-corrected chi connectivity index (χ1v) is 6.85. The molecule has 2 saturated carbocycles. The number of rotatable bonds is 1. The Balaban J connectivity index is 1.54. The van der Waals surface area contributed by atoms with E-state index in [-0.39, 0.29) is 0 Å². The smallest absolute Gasteiger partial charge is 0.285 e. The zero-order chi connectivity index (χ0) is 10.8. The van der Waals surface area contributed by atoms with Gasteiger partial charge in [0.2, 0.25) is 0 Å². The van der Waals surface area contributed by atoms with E-state index in [2.05, 4.69) is 10.3 Å². The van der Waals surface area contributed by atoms with Gasteiger partial charge in [-0.2, -0.15) is 0 Å². The van der Waals surface area contributed by atoms with Crippen LogP contribution in [-0.2, 0) is 4.74 Å². The Kier molecular flexibility index (Phi) is 3.02. The Morgan fingerprint density at radius 2 is 1.94 bits per heavy atom. The van der Waals surface area contributed by atoms with E-state index in [9.17, 15) is 0 Å². The minimum Gasteiger partial charge on any atom is -0.463 e. The van der Waals surface area contributed by atoms with Crippen LogP contribution < -0.4 is 5.32 Å². The molecule has 16 heavy (non-hydrogen) atoms. The van der Waals surface area contributed by atoms with Crippen LogP contribution in [0.25, 0.3) is 0 Å². The third-order valence-electron chi connectivity index (χ3n) is 4.45. The fraction of sp³-hybridized carbons (Fsp3) is 0.923. The fourth-order valence-electron chi connectivity index (χ4n) is 3.60. The molecule has 0 radical (unpaired) electrons. The molecule has 2 fully saturated rings. The van der Waals surface area contributed by atoms with Crippen LogP contribution in [0, 0.1) is 11.8 Å². The molecule has 3 nitrogen and oxygen atoms in total. The minimum absolute atomic E-state index is 0.621. The Labute approximate surface area is 97.7 Å². The van der Waals surface area contributed by atoms with Gasteiger partial charge in [0.1, 0.15) is 6.61 Å². The van der Waals surface area contributed by atoms with Crippen LogP contribution in [-0.4, -0.2) is 25.2 Å². The van der Waals surface area contributed by atoms with Gasteiger partial charge in [-0.05, 0) is 31.1 Å². The molecule has 90 valence electrons. The normalized spacial score (nSPS) is 38.5. The zero-order valence-electron chi connectivity index (χ0n) is 9.95. The maximum atomic E-state index is 5.43. The van der Waals surface area contributed by atoms with Crippen LogP contribution in [0.1, 0.15) is 44.9 Å². The van der Waals surface area contributed by atoms with Crippen LogP contribution >= 0.6 is 0 Å². The SMILES string of the molecule is C1CC[C@H]2C[C@@H](NC3=NCCO3)CC[C@@H]2C1. The summed E-state index contributed by atoms with van der Waals surface area (Å²) in [6.07, 6.45) is 9.91. The van der Waals surface area contributed by atoms with E-state index in [1.807, 2.05) is 0 Å². The molecule has 0 unspecified atom stereocenters. The quantitative estimate of drug-likeness (QED) is 0.738. The third kappa shape index (κ3) is 2.18. The molecule has 0 spiro atoms. The standard InChI is InChI=1S/C13H22N2O/c1-2-4-11-9-12(6-5-10(11)3-1)15-13-14-7-8-16-13/h10-12H,1-9H2,(H,14,15)/t10-,11-,12-/m0/s1. The van der Waals surface area contributed by atoms with Gasteiger partial charge in [0.15, 0.2) is 0 Å². The van der Waals surface area contributed by atoms with Crippen molar-refractivity contribution in [1.82, 2.24) is 5.32 Å². The molecular formula is C13H22N2O. The second kappa shape index (κ2) is 4.64. The fourth-order valence-corrected chi connectivity index (χ4v) is 3.60. The Morgan fingerprint density at radius 3 is 2.75 bits per heavy atom. The van der Waals surface area contributed by atoms with Crippen molar-refractivity contribution in [2.75, 3.05) is 13.2 Å². The molecule has 3 heteroatoms. The van der Waals surface area contributed by atoms with Crippen LogP contribution in [0.2, 0.25) is 0 Å². The average Bonchev–Trinajstić information content (AvgIpc) is 2.82. The van der Waals surface area contributed by atoms with E-state index < -0.39 is 0 Å². The molecule has 1 heterocycles. The molecule has 0 bridgehead atoms. The van der Waals surface area contributed by atoms with Gasteiger partial charge in [0.25, 0.3) is 6.02 Å². The summed E-state index contributed by atoms with van der Waals surface area (Å²) in [6, 6.07) is 1.43. The number of nitrogens with zero attached hydrogens (tertiary/aromatic N) is 1. The molecule has 0 aromatic carbocycles. The summed E-state index contributed by atoms with van der Waals surface area (Å²) in [4.78, 5) is 4.32. The van der Waals surface area contributed by atoms with Crippen molar-refractivity contribution in [1.29, 1.82) is 0 Å². The minimum atomic E-state index is 0.621. The maximum absolute atomic E-state index is 5.43. The van der Waals surface area contributed by atoms with Crippen molar-refractivity contribution >= 4 is 6.02 Å². The first-order chi connectivity index (χ1) is 7.92. The number of nitrogens with one attached hydrogen (secondary N) is 1. The second-order valence-corrected chi connectivity index (χ2v) is 5.49. The second-order valence-electron chi connectivity index (χ2n) is 5.49. The molecule has 1 aliphatic heterocycles. The summed E-state index contributed by atoms with van der Waals surface area (Å²) in [5, 5.41) is 3.48. The van der Waals surface area contributed by atoms with Gasteiger partial charge < -0.3 is 10.1 Å². The van der Waals surface area contributed by atoms with Gasteiger partial charge in [0.05, 0.1) is 6.54 Å². The highest BCUT2D eigenvalue weighted by Gasteiger charge is 2.32. The molecule has 3 rings (SSSR count). The van der Waals surface area contributed by atoms with Crippen molar-refractivity contribution in [3.63, 3.8) is 0 Å². The first kappa shape index (κ1) is 10.4. The molecular weight excluding hydrogens is 200 g/mol. The topological polar surface area (TPSA) is 33.6 Å². The van der Waals surface area contributed by atoms with Crippen molar-refractivity contribution in [3.05, 3.63) is 0 Å². The van der Waals surface area contributed by atoms with E-state index in [1.54, 1.807) is 0 Å². The summed E-state index contributed by atoms with van der Waals surface area (Å²) in [7, 11) is 0. The summed E-state index contributed by atoms with van der Waals surface area (Å²) in [5.74, 6) is 2.00. The van der Waals surface area contributed by atoms with Crippen molar-refractivity contribution in [3.8, 4) is 0 Å². The molecule has 0 aromatic rings. The Morgan fingerprint density at radius 1 is 1.06 bits per heavy atom. The summed E-state index contributed by atoms with van der Waals surface area (Å²) in [5.41, 5.74) is 0. The first-order valence-electron chi connectivity index (χ1n) is 6.85. The largest absolute Gasteiger partial charge is 0.463 e. The summed E-state index contributed by atoms with van der Waals surface area (Å²) in [6.45, 7) is 1.60. The van der Waals surface area contributed by atoms with E-state index in [0.717, 1.165) is 31.0 Å². The molecule has 3 aliphatic rings. The zero-order valence-corrected chi connectivity index (χ0v) is 9.95. The van der Waals surface area contributed by atoms with Gasteiger partial charge in [-0.1, -0.05) is 25.7 Å². The molecule has 1 N–H and O–H groups in total. The summed E-state index contributed by atoms with van der Waals surface area (Å²) < 4.78 is 5.43. The van der Waals surface area contributed by atoms with Gasteiger partial charge in [-0.3, -0.25) is 0 Å². The number of ether oxygens (including phenoxy) is 1.